The predicted octanol–water partition coefficient (Wildman–Crippen LogP) is 2.20. The first-order chi connectivity index (χ1) is 6.36. The van der Waals surface area contributed by atoms with Crippen molar-refractivity contribution in [3.05, 3.63) is 12.2 Å². The van der Waals surface area contributed by atoms with Crippen LogP contribution in [0, 0.1) is 23.7 Å². The SMILES string of the molecule is CN[C@@H]1C[C@@H]2C=C[C@H]3C[C@@H]2C[C@@H]1C3. The van der Waals surface area contributed by atoms with E-state index in [2.05, 4.69) is 24.5 Å². The second kappa shape index (κ2) is 2.84. The van der Waals surface area contributed by atoms with Gasteiger partial charge in [0, 0.05) is 6.04 Å². The van der Waals surface area contributed by atoms with Crippen LogP contribution < -0.4 is 5.32 Å². The fourth-order valence-electron chi connectivity index (χ4n) is 3.86. The van der Waals surface area contributed by atoms with E-state index in [0.717, 1.165) is 29.7 Å². The maximum absolute atomic E-state index is 3.51. The fraction of sp³-hybridized carbons (Fsp3) is 0.833. The number of hydrogen-bond acceptors (Lipinski definition) is 1. The van der Waals surface area contributed by atoms with Gasteiger partial charge in [-0.3, -0.25) is 0 Å². The standard InChI is InChI=1S/C12H19N/c1-13-12-7-9-3-2-8-4-10(9)6-11(12)5-8/h2-3,8-13H,4-7H2,1H3/t8-,9-,10+,11-,12+/m0/s1. The van der Waals surface area contributed by atoms with E-state index in [9.17, 15) is 0 Å². The van der Waals surface area contributed by atoms with Crippen LogP contribution in [-0.2, 0) is 0 Å². The molecule has 1 nitrogen and oxygen atoms in total. The van der Waals surface area contributed by atoms with Crippen molar-refractivity contribution in [2.45, 2.75) is 31.7 Å². The minimum Gasteiger partial charge on any atom is -0.317 e. The molecule has 3 bridgehead atoms. The van der Waals surface area contributed by atoms with Gasteiger partial charge >= 0.3 is 0 Å². The van der Waals surface area contributed by atoms with Crippen molar-refractivity contribution in [2.24, 2.45) is 23.7 Å². The molecule has 0 aromatic carbocycles. The van der Waals surface area contributed by atoms with Gasteiger partial charge in [-0.05, 0) is 56.4 Å². The molecule has 2 saturated carbocycles. The van der Waals surface area contributed by atoms with Crippen molar-refractivity contribution >= 4 is 0 Å². The molecule has 0 radical (unpaired) electrons. The van der Waals surface area contributed by atoms with Gasteiger partial charge in [-0.15, -0.1) is 0 Å². The highest BCUT2D eigenvalue weighted by molar-refractivity contribution is 5.10. The summed E-state index contributed by atoms with van der Waals surface area (Å²) in [6.45, 7) is 0. The molecule has 0 unspecified atom stereocenters. The molecule has 0 aromatic rings. The number of rotatable bonds is 1. The van der Waals surface area contributed by atoms with Crippen LogP contribution in [0.5, 0.6) is 0 Å². The van der Waals surface area contributed by atoms with Crippen molar-refractivity contribution in [1.29, 1.82) is 0 Å². The van der Waals surface area contributed by atoms with Crippen LogP contribution in [0.1, 0.15) is 25.7 Å². The summed E-state index contributed by atoms with van der Waals surface area (Å²) in [6.07, 6.45) is 10.9. The molecule has 13 heavy (non-hydrogen) atoms. The number of nitrogens with one attached hydrogen (secondary N) is 1. The highest BCUT2D eigenvalue weighted by atomic mass is 14.9. The van der Waals surface area contributed by atoms with Gasteiger partial charge < -0.3 is 5.32 Å². The lowest BCUT2D eigenvalue weighted by Crippen LogP contribution is -2.47. The van der Waals surface area contributed by atoms with Gasteiger partial charge in [0.15, 0.2) is 0 Å². The summed E-state index contributed by atoms with van der Waals surface area (Å²) in [6, 6.07) is 0.814. The quantitative estimate of drug-likeness (QED) is 0.605. The molecule has 0 spiro atoms. The number of hydrogen-bond donors (Lipinski definition) is 1. The molecule has 0 aliphatic heterocycles. The first kappa shape index (κ1) is 8.05. The summed E-state index contributed by atoms with van der Waals surface area (Å²) in [4.78, 5) is 0. The Morgan fingerprint density at radius 2 is 1.85 bits per heavy atom. The van der Waals surface area contributed by atoms with E-state index in [0.29, 0.717) is 0 Å². The van der Waals surface area contributed by atoms with Gasteiger partial charge in [0.1, 0.15) is 0 Å². The second-order valence-electron chi connectivity index (χ2n) is 5.17. The van der Waals surface area contributed by atoms with Crippen LogP contribution in [0.25, 0.3) is 0 Å². The normalized spacial score (nSPS) is 52.5. The summed E-state index contributed by atoms with van der Waals surface area (Å²) in [5.74, 6) is 3.86. The zero-order valence-electron chi connectivity index (χ0n) is 8.37. The third-order valence-corrected chi connectivity index (χ3v) is 4.52. The lowest BCUT2D eigenvalue weighted by atomic mass is 9.59. The van der Waals surface area contributed by atoms with Gasteiger partial charge in [0.2, 0.25) is 0 Å². The molecular weight excluding hydrogens is 158 g/mol. The predicted molar refractivity (Wildman–Crippen MR) is 54.4 cm³/mol. The molecule has 72 valence electrons. The van der Waals surface area contributed by atoms with Gasteiger partial charge in [0.05, 0.1) is 0 Å². The summed E-state index contributed by atoms with van der Waals surface area (Å²) in [5.41, 5.74) is 0. The summed E-state index contributed by atoms with van der Waals surface area (Å²) < 4.78 is 0. The van der Waals surface area contributed by atoms with Gasteiger partial charge in [-0.1, -0.05) is 12.2 Å². The average Bonchev–Trinajstić information content (AvgIpc) is 2.15. The second-order valence-corrected chi connectivity index (χ2v) is 5.17. The molecule has 3 rings (SSSR count). The van der Waals surface area contributed by atoms with Crippen LogP contribution in [0.15, 0.2) is 12.2 Å². The third-order valence-electron chi connectivity index (χ3n) is 4.52. The first-order valence-corrected chi connectivity index (χ1v) is 5.72. The van der Waals surface area contributed by atoms with Crippen LogP contribution >= 0.6 is 0 Å². The topological polar surface area (TPSA) is 12.0 Å². The Morgan fingerprint density at radius 1 is 1.00 bits per heavy atom. The molecule has 1 N–H and O–H groups in total. The molecule has 1 heteroatoms. The van der Waals surface area contributed by atoms with E-state index in [4.69, 9.17) is 0 Å². The Morgan fingerprint density at radius 3 is 2.69 bits per heavy atom. The molecule has 5 atom stereocenters. The monoisotopic (exact) mass is 177 g/mol. The van der Waals surface area contributed by atoms with Crippen molar-refractivity contribution in [2.75, 3.05) is 7.05 Å². The summed E-state index contributed by atoms with van der Waals surface area (Å²) in [7, 11) is 2.14. The van der Waals surface area contributed by atoms with Crippen molar-refractivity contribution in [3.8, 4) is 0 Å². The lowest BCUT2D eigenvalue weighted by molar-refractivity contribution is 0.0782. The Balaban J connectivity index is 1.90. The Hall–Kier alpha value is -0.300. The molecule has 3 aliphatic carbocycles. The molecule has 0 amide bonds. The van der Waals surface area contributed by atoms with Crippen molar-refractivity contribution in [1.82, 2.24) is 5.32 Å². The largest absolute Gasteiger partial charge is 0.317 e. The van der Waals surface area contributed by atoms with E-state index in [-0.39, 0.29) is 0 Å². The molecular formula is C12H19N. The number of allylic oxidation sites excluding steroid dienone is 2. The number of fused-ring (bicyclic) bond motifs is 2. The van der Waals surface area contributed by atoms with Crippen molar-refractivity contribution < 1.29 is 0 Å². The van der Waals surface area contributed by atoms with Gasteiger partial charge in [-0.25, -0.2) is 0 Å². The maximum atomic E-state index is 3.51. The van der Waals surface area contributed by atoms with Crippen LogP contribution in [0.3, 0.4) is 0 Å². The van der Waals surface area contributed by atoms with Gasteiger partial charge in [0.25, 0.3) is 0 Å². The first-order valence-electron chi connectivity index (χ1n) is 5.72. The smallest absolute Gasteiger partial charge is 0.00983 e. The molecule has 2 fully saturated rings. The van der Waals surface area contributed by atoms with E-state index >= 15 is 0 Å². The average molecular weight is 177 g/mol. The fourth-order valence-corrected chi connectivity index (χ4v) is 3.86. The van der Waals surface area contributed by atoms with Crippen LogP contribution in [0.2, 0.25) is 0 Å². The zero-order valence-corrected chi connectivity index (χ0v) is 8.37. The van der Waals surface area contributed by atoms with Gasteiger partial charge in [-0.2, -0.15) is 0 Å². The van der Waals surface area contributed by atoms with Crippen LogP contribution in [-0.4, -0.2) is 13.1 Å². The Kier molecular flexibility index (Phi) is 1.76. The lowest BCUT2D eigenvalue weighted by Gasteiger charge is -2.49. The molecule has 3 aliphatic rings. The van der Waals surface area contributed by atoms with Crippen molar-refractivity contribution in [3.63, 3.8) is 0 Å². The minimum absolute atomic E-state index is 0.814. The molecule has 0 heterocycles. The van der Waals surface area contributed by atoms with E-state index in [1.165, 1.54) is 25.7 Å². The minimum atomic E-state index is 0.814. The zero-order chi connectivity index (χ0) is 8.84. The highest BCUT2D eigenvalue weighted by Crippen LogP contribution is 2.49. The van der Waals surface area contributed by atoms with E-state index in [1.807, 2.05) is 0 Å². The summed E-state index contributed by atoms with van der Waals surface area (Å²) in [5, 5.41) is 3.51. The Labute approximate surface area is 80.6 Å². The molecule has 0 saturated heterocycles. The van der Waals surface area contributed by atoms with E-state index in [1.54, 1.807) is 0 Å². The highest BCUT2D eigenvalue weighted by Gasteiger charge is 2.42. The molecule has 0 aromatic heterocycles. The van der Waals surface area contributed by atoms with E-state index < -0.39 is 0 Å². The maximum Gasteiger partial charge on any atom is 0.00983 e. The Bertz CT molecular complexity index is 233. The summed E-state index contributed by atoms with van der Waals surface area (Å²) >= 11 is 0. The van der Waals surface area contributed by atoms with Crippen LogP contribution in [0.4, 0.5) is 0 Å². The third kappa shape index (κ3) is 1.17.